The van der Waals surface area contributed by atoms with Gasteiger partial charge in [-0.15, -0.1) is 0 Å². The number of hydrogen-bond acceptors (Lipinski definition) is 14. The Morgan fingerprint density at radius 2 is 0.605 bits per heavy atom. The summed E-state index contributed by atoms with van der Waals surface area (Å²) in [7, 11) is 2.42. The molecule has 10 aromatic carbocycles. The quantitative estimate of drug-likeness (QED) is 0.0382. The van der Waals surface area contributed by atoms with Crippen LogP contribution in [0.25, 0.3) is 11.1 Å². The van der Waals surface area contributed by atoms with Crippen molar-refractivity contribution in [2.24, 2.45) is 0 Å². The van der Waals surface area contributed by atoms with E-state index in [-0.39, 0.29) is 120 Å². The van der Waals surface area contributed by atoms with E-state index in [0.717, 1.165) is 27.8 Å². The van der Waals surface area contributed by atoms with E-state index >= 15 is 4.79 Å². The molecule has 0 spiro atoms. The third-order valence-corrected chi connectivity index (χ3v) is 13.6. The Morgan fingerprint density at radius 3 is 0.919 bits per heavy atom. The fourth-order valence-electron chi connectivity index (χ4n) is 9.30. The van der Waals surface area contributed by atoms with Crippen LogP contribution in [0.2, 0.25) is 0 Å². The summed E-state index contributed by atoms with van der Waals surface area (Å²) < 4.78 is 65.1. The number of phenolic OH excluding ortho intramolecular Hbond substituents is 1. The van der Waals surface area contributed by atoms with E-state index in [1.54, 1.807) is 0 Å². The lowest BCUT2D eigenvalue weighted by Gasteiger charge is -2.27. The molecule has 0 heterocycles. The van der Waals surface area contributed by atoms with Crippen LogP contribution in [0, 0.1) is 0 Å². The van der Waals surface area contributed by atoms with Gasteiger partial charge in [-0.2, -0.15) is 0 Å². The van der Waals surface area contributed by atoms with Crippen LogP contribution in [0.3, 0.4) is 0 Å². The van der Waals surface area contributed by atoms with Gasteiger partial charge < -0.3 is 52.5 Å². The average molecular weight is 1150 g/mol. The number of methoxy groups -OCH3 is 2. The van der Waals surface area contributed by atoms with E-state index in [2.05, 4.69) is 0 Å². The van der Waals surface area contributed by atoms with Gasteiger partial charge in [-0.05, 0) is 51.1 Å². The van der Waals surface area contributed by atoms with Gasteiger partial charge in [0.2, 0.25) is 23.0 Å². The maximum atomic E-state index is 15.1. The van der Waals surface area contributed by atoms with Crippen LogP contribution < -0.4 is 37.9 Å². The zero-order valence-corrected chi connectivity index (χ0v) is 47.2. The van der Waals surface area contributed by atoms with Crippen molar-refractivity contribution in [3.63, 3.8) is 0 Å². The molecule has 0 radical (unpaired) electrons. The molecule has 0 fully saturated rings. The first-order valence-corrected chi connectivity index (χ1v) is 27.6. The van der Waals surface area contributed by atoms with Gasteiger partial charge in [0.05, 0.1) is 30.9 Å². The topological polar surface area (TPSA) is 164 Å². The van der Waals surface area contributed by atoms with Crippen LogP contribution in [0.5, 0.6) is 57.5 Å². The Balaban J connectivity index is 1.26. The second-order valence-electron chi connectivity index (χ2n) is 19.5. The molecule has 14 heteroatoms. The maximum absolute atomic E-state index is 15.1. The highest BCUT2D eigenvalue weighted by molar-refractivity contribution is 6.08. The molecule has 0 aliphatic heterocycles. The predicted octanol–water partition coefficient (Wildman–Crippen LogP) is 15.3. The maximum Gasteiger partial charge on any atom is 0.338 e. The van der Waals surface area contributed by atoms with Crippen LogP contribution in [-0.2, 0) is 55.7 Å². The highest BCUT2D eigenvalue weighted by Gasteiger charge is 2.37. The molecule has 0 amide bonds. The molecular formula is C72H60O14. The number of phenols is 1. The molecule has 0 bridgehead atoms. The second-order valence-corrected chi connectivity index (χ2v) is 19.5. The zero-order chi connectivity index (χ0) is 59.5. The number of aldehydes is 1. The first-order valence-electron chi connectivity index (χ1n) is 27.6. The van der Waals surface area contributed by atoms with Crippen molar-refractivity contribution < 1.29 is 66.9 Å². The normalized spacial score (nSPS) is 10.7. The van der Waals surface area contributed by atoms with Gasteiger partial charge in [0, 0.05) is 17.2 Å². The Hall–Kier alpha value is -11.0. The summed E-state index contributed by atoms with van der Waals surface area (Å²) in [5.41, 5.74) is 4.61. The number of benzene rings is 10. The molecule has 0 atom stereocenters. The second kappa shape index (κ2) is 28.8. The first-order chi connectivity index (χ1) is 42.3. The molecule has 0 saturated carbocycles. The number of carbonyl (C=O) groups excluding carboxylic acids is 3. The van der Waals surface area contributed by atoms with E-state index in [0.29, 0.717) is 17.4 Å². The van der Waals surface area contributed by atoms with E-state index in [1.807, 2.05) is 212 Å². The Bertz CT molecular complexity index is 3870. The first kappa shape index (κ1) is 58.2. The minimum atomic E-state index is -0.943. The van der Waals surface area contributed by atoms with Gasteiger partial charge in [0.15, 0.2) is 40.8 Å². The lowest BCUT2D eigenvalue weighted by molar-refractivity contribution is 0.0588. The minimum absolute atomic E-state index is 0.00359. The summed E-state index contributed by atoms with van der Waals surface area (Å²) in [6.45, 7) is -0.303. The summed E-state index contributed by atoms with van der Waals surface area (Å²) in [6.07, 6.45) is 0.496. The van der Waals surface area contributed by atoms with E-state index in [1.165, 1.54) is 32.4 Å². The lowest BCUT2D eigenvalue weighted by Crippen LogP contribution is -2.14. The Labute approximate surface area is 498 Å². The van der Waals surface area contributed by atoms with Gasteiger partial charge in [-0.3, -0.25) is 4.79 Å². The van der Waals surface area contributed by atoms with Gasteiger partial charge in [-0.25, -0.2) is 9.59 Å². The fourth-order valence-corrected chi connectivity index (χ4v) is 9.30. The van der Waals surface area contributed by atoms with Gasteiger partial charge >= 0.3 is 11.9 Å². The van der Waals surface area contributed by atoms with Crippen LogP contribution >= 0.6 is 0 Å². The number of hydrogen-bond donors (Lipinski definition) is 1. The fraction of sp³-hybridized carbons (Fsp3) is 0.125. The number of rotatable bonds is 27. The minimum Gasteiger partial charge on any atom is -0.502 e. The molecule has 0 aromatic heterocycles. The molecule has 0 saturated heterocycles. The molecule has 432 valence electrons. The van der Waals surface area contributed by atoms with Crippen LogP contribution in [-0.4, -0.2) is 37.6 Å². The summed E-state index contributed by atoms with van der Waals surface area (Å²) in [5.74, 6) is -3.39. The molecule has 10 rings (SSSR count). The number of ether oxygens (including phenoxy) is 10. The summed E-state index contributed by atoms with van der Waals surface area (Å²) in [4.78, 5) is 43.4. The molecule has 1 N–H and O–H groups in total. The molecular weight excluding hydrogens is 1090 g/mol. The van der Waals surface area contributed by atoms with Crippen molar-refractivity contribution in [1.82, 2.24) is 0 Å². The van der Waals surface area contributed by atoms with E-state index in [9.17, 15) is 14.7 Å². The number of aromatic hydroxyl groups is 1. The summed E-state index contributed by atoms with van der Waals surface area (Å²) >= 11 is 0. The van der Waals surface area contributed by atoms with Gasteiger partial charge in [-0.1, -0.05) is 212 Å². The monoisotopic (exact) mass is 1150 g/mol. The van der Waals surface area contributed by atoms with Crippen molar-refractivity contribution >= 4 is 18.2 Å². The molecule has 0 aliphatic rings. The Morgan fingerprint density at radius 1 is 0.337 bits per heavy atom. The summed E-state index contributed by atoms with van der Waals surface area (Å²) in [6, 6.07) is 69.6. The molecule has 86 heavy (non-hydrogen) atoms. The lowest BCUT2D eigenvalue weighted by atomic mass is 9.91. The number of esters is 2. The predicted molar refractivity (Wildman–Crippen MR) is 324 cm³/mol. The van der Waals surface area contributed by atoms with E-state index in [4.69, 9.17) is 47.4 Å². The molecule has 0 aliphatic carbocycles. The standard InChI is InChI=1S/C72H60O14/c1-77-71(75)57-39-60(80-43-50-26-12-4-13-27-50)67(82-45-52-30-16-6-17-31-52)69(84-47-54-34-20-8-21-35-54)62(57)63-58(72(76)78-2)40-61(68(83-46-53-32-18-7-19-33-53)70(63)85-48-55-36-22-9-23-37-55)86-65-56(41-73)38-59(79-42-49-24-10-3-11-25-49)66(64(65)74)81-44-51-28-14-5-15-29-51/h3-41,74H,42-48H2,1-2H3. The summed E-state index contributed by atoms with van der Waals surface area (Å²) in [5, 5.41) is 12.6. The SMILES string of the molecule is COC(=O)c1cc(OCc2ccccc2)c(OCc2ccccc2)c(OCc2ccccc2)c1-c1c(C(=O)OC)cc(Oc2c(C=O)cc(OCc3ccccc3)c(OCc3ccccc3)c2O)c(OCc2ccccc2)c1OCc1ccccc1. The smallest absolute Gasteiger partial charge is 0.338 e. The third kappa shape index (κ3) is 14.4. The van der Waals surface area contributed by atoms with E-state index < -0.39 is 23.4 Å². The average Bonchev–Trinajstić information content (AvgIpc) is 1.39. The highest BCUT2D eigenvalue weighted by Crippen LogP contribution is 2.57. The van der Waals surface area contributed by atoms with Crippen molar-refractivity contribution in [2.45, 2.75) is 46.2 Å². The van der Waals surface area contributed by atoms with Crippen LogP contribution in [0.1, 0.15) is 70.0 Å². The molecule has 10 aromatic rings. The zero-order valence-electron chi connectivity index (χ0n) is 47.2. The van der Waals surface area contributed by atoms with Gasteiger partial charge in [0.1, 0.15) is 46.2 Å². The van der Waals surface area contributed by atoms with Crippen molar-refractivity contribution in [3.05, 3.63) is 286 Å². The highest BCUT2D eigenvalue weighted by atomic mass is 16.6. The third-order valence-electron chi connectivity index (χ3n) is 13.6. The van der Waals surface area contributed by atoms with Crippen molar-refractivity contribution in [1.29, 1.82) is 0 Å². The van der Waals surface area contributed by atoms with Crippen molar-refractivity contribution in [2.75, 3.05) is 14.2 Å². The largest absolute Gasteiger partial charge is 0.502 e. The van der Waals surface area contributed by atoms with Crippen LogP contribution in [0.15, 0.2) is 231 Å². The van der Waals surface area contributed by atoms with Gasteiger partial charge in [0.25, 0.3) is 0 Å². The molecule has 14 nitrogen and oxygen atoms in total. The van der Waals surface area contributed by atoms with Crippen LogP contribution in [0.4, 0.5) is 0 Å². The Kier molecular flexibility index (Phi) is 19.5. The van der Waals surface area contributed by atoms with Crippen molar-refractivity contribution in [3.8, 4) is 68.6 Å². The number of carbonyl (C=O) groups is 3. The molecule has 0 unspecified atom stereocenters.